The molecule has 4 N–H and O–H groups in total. The van der Waals surface area contributed by atoms with Gasteiger partial charge >= 0.3 is 0 Å². The summed E-state index contributed by atoms with van der Waals surface area (Å²) in [5.41, 5.74) is 5.80. The molecule has 1 saturated heterocycles. The molecule has 0 bridgehead atoms. The molecule has 8 nitrogen and oxygen atoms in total. The Morgan fingerprint density at radius 2 is 2.26 bits per heavy atom. The number of aliphatic hydroxyl groups excluding tert-OH is 1. The van der Waals surface area contributed by atoms with Crippen molar-refractivity contribution in [3.8, 4) is 18.4 Å². The average Bonchev–Trinajstić information content (AvgIpc) is 3.57. The fraction of sp³-hybridized carbons (Fsp3) is 0.458. The zero-order valence-electron chi connectivity index (χ0n) is 18.5. The number of carbonyl (C=O) groups is 1. The van der Waals surface area contributed by atoms with Crippen LogP contribution in [0.25, 0.3) is 0 Å². The summed E-state index contributed by atoms with van der Waals surface area (Å²) in [7, 11) is 0. The van der Waals surface area contributed by atoms with Crippen molar-refractivity contribution in [1.82, 2.24) is 14.7 Å². The molecule has 1 aliphatic carbocycles. The highest BCUT2D eigenvalue weighted by Crippen LogP contribution is 2.38. The monoisotopic (exact) mass is 484 g/mol. The zero-order chi connectivity index (χ0) is 24.5. The fourth-order valence-corrected chi connectivity index (χ4v) is 4.62. The molecule has 2 aliphatic rings. The molecule has 1 aromatic carbocycles. The van der Waals surface area contributed by atoms with Crippen LogP contribution in [0, 0.1) is 29.6 Å². The highest BCUT2D eigenvalue weighted by Gasteiger charge is 2.47. The van der Waals surface area contributed by atoms with Gasteiger partial charge in [0, 0.05) is 42.3 Å². The first kappa shape index (κ1) is 24.0. The molecule has 1 amide bonds. The van der Waals surface area contributed by atoms with Crippen molar-refractivity contribution >= 4 is 23.3 Å². The molecule has 1 saturated carbocycles. The number of amides is 1. The molecule has 2 fully saturated rings. The van der Waals surface area contributed by atoms with E-state index in [1.165, 1.54) is 10.9 Å². The lowest BCUT2D eigenvalue weighted by Crippen LogP contribution is -2.54. The van der Waals surface area contributed by atoms with Gasteiger partial charge in [0.05, 0.1) is 12.5 Å². The number of terminal acetylenes is 1. The third kappa shape index (κ3) is 4.74. The zero-order valence-corrected chi connectivity index (χ0v) is 19.3. The molecule has 34 heavy (non-hydrogen) atoms. The number of nitrogens with one attached hydrogen (secondary N) is 1. The van der Waals surface area contributed by atoms with Gasteiger partial charge in [0.1, 0.15) is 23.5 Å². The number of nitrogens with zero attached hydrogens (tertiary/aromatic N) is 4. The van der Waals surface area contributed by atoms with Crippen molar-refractivity contribution in [3.63, 3.8) is 0 Å². The molecule has 2 aromatic rings. The number of nitriles is 1. The molecule has 0 spiro atoms. The van der Waals surface area contributed by atoms with Crippen LogP contribution in [0.15, 0.2) is 24.4 Å². The molecular weight excluding hydrogens is 459 g/mol. The quantitative estimate of drug-likeness (QED) is 0.391. The summed E-state index contributed by atoms with van der Waals surface area (Å²) in [5.74, 6) is 1.96. The number of likely N-dealkylation sites (tertiary alicyclic amines) is 1. The number of hydrogen-bond donors (Lipinski definition) is 3. The number of piperidine rings is 1. The minimum absolute atomic E-state index is 0.0482. The summed E-state index contributed by atoms with van der Waals surface area (Å²) in [6.45, 7) is 0.960. The van der Waals surface area contributed by atoms with E-state index in [4.69, 9.17) is 23.8 Å². The van der Waals surface area contributed by atoms with Gasteiger partial charge in [-0.15, -0.1) is 6.42 Å². The first-order valence-corrected chi connectivity index (χ1v) is 11.5. The minimum atomic E-state index is -1.45. The van der Waals surface area contributed by atoms with Crippen LogP contribution in [0.1, 0.15) is 47.2 Å². The maximum Gasteiger partial charge on any atom is 0.254 e. The van der Waals surface area contributed by atoms with Crippen molar-refractivity contribution < 1.29 is 14.3 Å². The van der Waals surface area contributed by atoms with Crippen LogP contribution in [0.2, 0.25) is 5.02 Å². The summed E-state index contributed by atoms with van der Waals surface area (Å²) in [4.78, 5) is 13.9. The second-order valence-electron chi connectivity index (χ2n) is 8.97. The number of hydrogen-bond acceptors (Lipinski definition) is 6. The molecule has 178 valence electrons. The first-order chi connectivity index (χ1) is 16.3. The van der Waals surface area contributed by atoms with E-state index in [-0.39, 0.29) is 36.7 Å². The molecule has 10 heteroatoms. The van der Waals surface area contributed by atoms with Crippen molar-refractivity contribution in [1.29, 1.82) is 5.26 Å². The third-order valence-electron chi connectivity index (χ3n) is 6.65. The summed E-state index contributed by atoms with van der Waals surface area (Å²) in [6, 6.07) is 7.40. The van der Waals surface area contributed by atoms with E-state index in [9.17, 15) is 15.2 Å². The second-order valence-corrected chi connectivity index (χ2v) is 9.38. The minimum Gasteiger partial charge on any atom is -0.373 e. The standard InChI is InChI=1S/C24H26ClFN6O2/c1-2-15-3-4-17(19(25)11-15)12-31-10-8-24(7-9-27,20(26)14-31)32-13-18(21(28)33)22(30-32)29-23(34)16-5-6-16/h1,3-4,11,13,16,20,23,34H,5-8,10,12,14H2,(H2,28,33)(H,29,30). The lowest BCUT2D eigenvalue weighted by Gasteiger charge is -2.43. The van der Waals surface area contributed by atoms with Crippen LogP contribution in [0.5, 0.6) is 0 Å². The second kappa shape index (κ2) is 9.63. The van der Waals surface area contributed by atoms with Crippen molar-refractivity contribution in [3.05, 3.63) is 46.1 Å². The number of aliphatic hydroxyl groups is 1. The summed E-state index contributed by atoms with van der Waals surface area (Å²) in [6.07, 6.45) is 6.35. The van der Waals surface area contributed by atoms with Crippen molar-refractivity contribution in [2.45, 2.75) is 50.2 Å². The number of nitrogens with two attached hydrogens (primary N) is 1. The maximum atomic E-state index is 15.8. The summed E-state index contributed by atoms with van der Waals surface area (Å²) < 4.78 is 17.1. The number of halogens is 2. The predicted molar refractivity (Wildman–Crippen MR) is 125 cm³/mol. The Hall–Kier alpha value is -3.11. The molecule has 1 aliphatic heterocycles. The first-order valence-electron chi connectivity index (χ1n) is 11.1. The van der Waals surface area contributed by atoms with E-state index >= 15 is 4.39 Å². The lowest BCUT2D eigenvalue weighted by atomic mass is 9.83. The maximum absolute atomic E-state index is 15.8. The van der Waals surface area contributed by atoms with Gasteiger partial charge in [-0.05, 0) is 37.0 Å². The number of rotatable bonds is 8. The highest BCUT2D eigenvalue weighted by atomic mass is 35.5. The van der Waals surface area contributed by atoms with Gasteiger partial charge < -0.3 is 16.2 Å². The molecule has 3 atom stereocenters. The summed E-state index contributed by atoms with van der Waals surface area (Å²) >= 11 is 6.34. The van der Waals surface area contributed by atoms with Crippen LogP contribution in [-0.4, -0.2) is 51.2 Å². The Morgan fingerprint density at radius 3 is 2.85 bits per heavy atom. The van der Waals surface area contributed by atoms with Gasteiger partial charge in [-0.1, -0.05) is 23.6 Å². The van der Waals surface area contributed by atoms with E-state index in [0.29, 0.717) is 23.7 Å². The van der Waals surface area contributed by atoms with Gasteiger partial charge in [-0.25, -0.2) is 4.39 Å². The Balaban J connectivity index is 1.56. The number of anilines is 1. The van der Waals surface area contributed by atoms with Crippen LogP contribution < -0.4 is 11.1 Å². The Kier molecular flexibility index (Phi) is 6.81. The Morgan fingerprint density at radius 1 is 1.50 bits per heavy atom. The van der Waals surface area contributed by atoms with E-state index in [1.807, 2.05) is 11.0 Å². The Labute approximate surface area is 202 Å². The van der Waals surface area contributed by atoms with Crippen molar-refractivity contribution in [2.75, 3.05) is 18.4 Å². The van der Waals surface area contributed by atoms with E-state index in [0.717, 1.165) is 18.4 Å². The topological polar surface area (TPSA) is 120 Å². The highest BCUT2D eigenvalue weighted by molar-refractivity contribution is 6.31. The molecule has 3 unspecified atom stereocenters. The SMILES string of the molecule is C#Cc1ccc(CN2CCC(CC#N)(n3cc(C(N)=O)c(NC(O)C4CC4)n3)C(F)C2)c(Cl)c1. The van der Waals surface area contributed by atoms with E-state index in [1.54, 1.807) is 12.1 Å². The van der Waals surface area contributed by atoms with Crippen LogP contribution >= 0.6 is 11.6 Å². The number of primary amides is 1. The van der Waals surface area contributed by atoms with Crippen LogP contribution in [-0.2, 0) is 12.1 Å². The number of alkyl halides is 1. The number of benzene rings is 1. The number of carbonyl (C=O) groups excluding carboxylic acids is 1. The molecule has 2 heterocycles. The largest absolute Gasteiger partial charge is 0.373 e. The summed E-state index contributed by atoms with van der Waals surface area (Å²) in [5, 5.41) is 27.5. The molecule has 4 rings (SSSR count). The normalized spacial score (nSPS) is 23.6. The fourth-order valence-electron chi connectivity index (χ4n) is 4.38. The van der Waals surface area contributed by atoms with Crippen LogP contribution in [0.4, 0.5) is 10.2 Å². The molecule has 1 aromatic heterocycles. The van der Waals surface area contributed by atoms with Gasteiger partial charge in [0.15, 0.2) is 5.82 Å². The molecular formula is C24H26ClFN6O2. The predicted octanol–water partition coefficient (Wildman–Crippen LogP) is 2.61. The van der Waals surface area contributed by atoms with Crippen molar-refractivity contribution in [2.24, 2.45) is 11.7 Å². The number of aromatic nitrogens is 2. The van der Waals surface area contributed by atoms with Gasteiger partial charge in [0.25, 0.3) is 5.91 Å². The van der Waals surface area contributed by atoms with E-state index in [2.05, 4.69) is 22.4 Å². The Bertz CT molecular complexity index is 1170. The van der Waals surface area contributed by atoms with Gasteiger partial charge in [-0.2, -0.15) is 10.4 Å². The van der Waals surface area contributed by atoms with Gasteiger partial charge in [0.2, 0.25) is 0 Å². The van der Waals surface area contributed by atoms with Gasteiger partial charge in [-0.3, -0.25) is 14.4 Å². The van der Waals surface area contributed by atoms with Crippen LogP contribution in [0.3, 0.4) is 0 Å². The lowest BCUT2D eigenvalue weighted by molar-refractivity contribution is 0.00689. The third-order valence-corrected chi connectivity index (χ3v) is 7.00. The van der Waals surface area contributed by atoms with E-state index < -0.39 is 23.8 Å². The molecule has 0 radical (unpaired) electrons. The average molecular weight is 485 g/mol. The smallest absolute Gasteiger partial charge is 0.254 e.